The molecule has 0 bridgehead atoms. The van der Waals surface area contributed by atoms with Gasteiger partial charge in [0.1, 0.15) is 11.1 Å². The van der Waals surface area contributed by atoms with Crippen LogP contribution in [0.1, 0.15) is 12.0 Å². The standard InChI is InChI=1S/C16H19N5O/c1-9-4-3-5-11-12-14(22-13(9)11)15(20-16(17)19-12)18-10-6-7-21(2)8-10/h3-5,10H,6-8H2,1-2H3,(H3,17,18,19,20). The minimum absolute atomic E-state index is 0.269. The number of benzene rings is 1. The number of nitrogens with one attached hydrogen (secondary N) is 1. The van der Waals surface area contributed by atoms with Crippen molar-refractivity contribution in [1.82, 2.24) is 14.9 Å². The van der Waals surface area contributed by atoms with Crippen LogP contribution in [0.25, 0.3) is 22.1 Å². The summed E-state index contributed by atoms with van der Waals surface area (Å²) < 4.78 is 6.05. The lowest BCUT2D eigenvalue weighted by Crippen LogP contribution is -2.24. The minimum atomic E-state index is 0.269. The molecule has 22 heavy (non-hydrogen) atoms. The van der Waals surface area contributed by atoms with Gasteiger partial charge >= 0.3 is 0 Å². The Hall–Kier alpha value is -2.34. The summed E-state index contributed by atoms with van der Waals surface area (Å²) >= 11 is 0. The molecule has 114 valence electrons. The van der Waals surface area contributed by atoms with Crippen molar-refractivity contribution in [3.63, 3.8) is 0 Å². The summed E-state index contributed by atoms with van der Waals surface area (Å²) in [6.07, 6.45) is 1.08. The van der Waals surface area contributed by atoms with E-state index in [0.29, 0.717) is 17.4 Å². The Morgan fingerprint density at radius 1 is 1.32 bits per heavy atom. The molecule has 2 aromatic heterocycles. The second kappa shape index (κ2) is 4.84. The van der Waals surface area contributed by atoms with E-state index in [1.54, 1.807) is 0 Å². The molecule has 1 unspecified atom stereocenters. The molecule has 1 saturated heterocycles. The highest BCUT2D eigenvalue weighted by atomic mass is 16.3. The van der Waals surface area contributed by atoms with Crippen molar-refractivity contribution < 1.29 is 4.42 Å². The maximum atomic E-state index is 6.05. The van der Waals surface area contributed by atoms with E-state index in [-0.39, 0.29) is 5.95 Å². The number of likely N-dealkylation sites (tertiary alicyclic amines) is 1. The highest BCUT2D eigenvalue weighted by molar-refractivity contribution is 6.06. The van der Waals surface area contributed by atoms with Crippen LogP contribution < -0.4 is 11.1 Å². The third kappa shape index (κ3) is 2.07. The fraction of sp³-hybridized carbons (Fsp3) is 0.375. The molecule has 1 atom stereocenters. The SMILES string of the molecule is Cc1cccc2c1oc1c(NC3CCN(C)C3)nc(N)nc12. The van der Waals surface area contributed by atoms with Crippen LogP contribution in [0.4, 0.5) is 11.8 Å². The third-order valence-electron chi connectivity index (χ3n) is 4.29. The van der Waals surface area contributed by atoms with Gasteiger partial charge in [0.15, 0.2) is 11.4 Å². The zero-order valence-electron chi connectivity index (χ0n) is 12.8. The molecule has 3 N–H and O–H groups in total. The Labute approximate surface area is 128 Å². The molecule has 1 fully saturated rings. The van der Waals surface area contributed by atoms with E-state index >= 15 is 0 Å². The molecule has 0 radical (unpaired) electrons. The number of rotatable bonds is 2. The molecule has 0 aliphatic carbocycles. The number of nitrogens with two attached hydrogens (primary N) is 1. The monoisotopic (exact) mass is 297 g/mol. The van der Waals surface area contributed by atoms with E-state index in [1.165, 1.54) is 0 Å². The number of likely N-dealkylation sites (N-methyl/N-ethyl adjacent to an activating group) is 1. The molecule has 6 heteroatoms. The van der Waals surface area contributed by atoms with Gasteiger partial charge in [-0.3, -0.25) is 0 Å². The number of hydrogen-bond donors (Lipinski definition) is 2. The Bertz CT molecular complexity index is 856. The molecule has 1 aliphatic heterocycles. The Morgan fingerprint density at radius 2 is 2.18 bits per heavy atom. The van der Waals surface area contributed by atoms with Crippen LogP contribution >= 0.6 is 0 Å². The van der Waals surface area contributed by atoms with Crippen molar-refractivity contribution in [3.8, 4) is 0 Å². The van der Waals surface area contributed by atoms with Gasteiger partial charge in [0, 0.05) is 18.0 Å². The number of nitrogen functional groups attached to an aromatic ring is 1. The van der Waals surface area contributed by atoms with E-state index in [4.69, 9.17) is 10.2 Å². The van der Waals surface area contributed by atoms with Crippen molar-refractivity contribution in [2.24, 2.45) is 0 Å². The quantitative estimate of drug-likeness (QED) is 0.756. The molecule has 3 aromatic rings. The summed E-state index contributed by atoms with van der Waals surface area (Å²) in [7, 11) is 2.12. The van der Waals surface area contributed by atoms with Crippen LogP contribution in [0, 0.1) is 6.92 Å². The molecule has 4 rings (SSSR count). The van der Waals surface area contributed by atoms with Gasteiger partial charge in [0.05, 0.1) is 0 Å². The first-order valence-electron chi connectivity index (χ1n) is 7.52. The predicted octanol–water partition coefficient (Wildman–Crippen LogP) is 2.38. The van der Waals surface area contributed by atoms with Crippen LogP contribution in [0.5, 0.6) is 0 Å². The van der Waals surface area contributed by atoms with Gasteiger partial charge in [-0.15, -0.1) is 0 Å². The average molecular weight is 297 g/mol. The van der Waals surface area contributed by atoms with Crippen molar-refractivity contribution in [2.75, 3.05) is 31.2 Å². The van der Waals surface area contributed by atoms with Crippen LogP contribution in [0.15, 0.2) is 22.6 Å². The molecule has 6 nitrogen and oxygen atoms in total. The number of nitrogens with zero attached hydrogens (tertiary/aromatic N) is 3. The number of aromatic nitrogens is 2. The number of aryl methyl sites for hydroxylation is 1. The van der Waals surface area contributed by atoms with E-state index in [0.717, 1.165) is 41.6 Å². The molecule has 1 aromatic carbocycles. The van der Waals surface area contributed by atoms with Crippen LogP contribution in [0.2, 0.25) is 0 Å². The number of anilines is 2. The third-order valence-corrected chi connectivity index (χ3v) is 4.29. The summed E-state index contributed by atoms with van der Waals surface area (Å²) in [6.45, 7) is 4.10. The van der Waals surface area contributed by atoms with Gasteiger partial charge in [0.25, 0.3) is 0 Å². The summed E-state index contributed by atoms with van der Waals surface area (Å²) in [4.78, 5) is 11.0. The molecule has 3 heterocycles. The van der Waals surface area contributed by atoms with E-state index in [9.17, 15) is 0 Å². The average Bonchev–Trinajstić information content (AvgIpc) is 3.04. The molecule has 0 amide bonds. The maximum Gasteiger partial charge on any atom is 0.222 e. The summed E-state index contributed by atoms with van der Waals surface area (Å²) in [5, 5.41) is 4.45. The molecule has 0 saturated carbocycles. The number of para-hydroxylation sites is 1. The summed E-state index contributed by atoms with van der Waals surface area (Å²) in [6, 6.07) is 6.40. The molecule has 1 aliphatic rings. The second-order valence-electron chi connectivity index (χ2n) is 6.05. The Balaban J connectivity index is 1.87. The molecular weight excluding hydrogens is 278 g/mol. The number of furan rings is 1. The lowest BCUT2D eigenvalue weighted by atomic mass is 10.1. The van der Waals surface area contributed by atoms with Crippen molar-refractivity contribution >= 4 is 33.8 Å². The van der Waals surface area contributed by atoms with E-state index in [1.807, 2.05) is 25.1 Å². The molecule has 0 spiro atoms. The summed E-state index contributed by atoms with van der Waals surface area (Å²) in [5.41, 5.74) is 9.30. The lowest BCUT2D eigenvalue weighted by molar-refractivity contribution is 0.414. The summed E-state index contributed by atoms with van der Waals surface area (Å²) in [5.74, 6) is 0.962. The van der Waals surface area contributed by atoms with Gasteiger partial charge < -0.3 is 20.4 Å². The zero-order chi connectivity index (χ0) is 15.3. The maximum absolute atomic E-state index is 6.05. The van der Waals surface area contributed by atoms with Gasteiger partial charge in [-0.2, -0.15) is 4.98 Å². The lowest BCUT2D eigenvalue weighted by Gasteiger charge is -2.13. The molecular formula is C16H19N5O. The first kappa shape index (κ1) is 13.3. The van der Waals surface area contributed by atoms with Crippen molar-refractivity contribution in [2.45, 2.75) is 19.4 Å². The first-order chi connectivity index (χ1) is 10.6. The van der Waals surface area contributed by atoms with Crippen LogP contribution in [-0.2, 0) is 0 Å². The number of hydrogen-bond acceptors (Lipinski definition) is 6. The van der Waals surface area contributed by atoms with E-state index in [2.05, 4.69) is 27.2 Å². The van der Waals surface area contributed by atoms with Gasteiger partial charge in [0.2, 0.25) is 5.95 Å². The van der Waals surface area contributed by atoms with E-state index < -0.39 is 0 Å². The van der Waals surface area contributed by atoms with Crippen molar-refractivity contribution in [3.05, 3.63) is 23.8 Å². The fourth-order valence-corrected chi connectivity index (χ4v) is 3.17. The van der Waals surface area contributed by atoms with Crippen LogP contribution in [-0.4, -0.2) is 41.0 Å². The normalized spacial score (nSPS) is 19.3. The van der Waals surface area contributed by atoms with Gasteiger partial charge in [-0.25, -0.2) is 4.98 Å². The van der Waals surface area contributed by atoms with Gasteiger partial charge in [-0.05, 0) is 38.6 Å². The number of fused-ring (bicyclic) bond motifs is 3. The van der Waals surface area contributed by atoms with Crippen molar-refractivity contribution in [1.29, 1.82) is 0 Å². The smallest absolute Gasteiger partial charge is 0.222 e. The highest BCUT2D eigenvalue weighted by Gasteiger charge is 2.22. The second-order valence-corrected chi connectivity index (χ2v) is 6.05. The Kier molecular flexibility index (Phi) is 2.94. The predicted molar refractivity (Wildman–Crippen MR) is 88.0 cm³/mol. The topological polar surface area (TPSA) is 80.2 Å². The minimum Gasteiger partial charge on any atom is -0.450 e. The largest absolute Gasteiger partial charge is 0.450 e. The highest BCUT2D eigenvalue weighted by Crippen LogP contribution is 2.33. The Morgan fingerprint density at radius 3 is 2.95 bits per heavy atom. The first-order valence-corrected chi connectivity index (χ1v) is 7.52. The van der Waals surface area contributed by atoms with Gasteiger partial charge in [-0.1, -0.05) is 12.1 Å². The zero-order valence-corrected chi connectivity index (χ0v) is 12.8. The fourth-order valence-electron chi connectivity index (χ4n) is 3.17. The van der Waals surface area contributed by atoms with Crippen LogP contribution in [0.3, 0.4) is 0 Å².